The summed E-state index contributed by atoms with van der Waals surface area (Å²) >= 11 is 11.5. The van der Waals surface area contributed by atoms with Gasteiger partial charge in [-0.15, -0.1) is 0 Å². The lowest BCUT2D eigenvalue weighted by molar-refractivity contribution is 0.318. The van der Waals surface area contributed by atoms with Gasteiger partial charge in [-0.3, -0.25) is 0 Å². The van der Waals surface area contributed by atoms with Gasteiger partial charge in [0.2, 0.25) is 0 Å². The molecule has 0 aliphatic rings. The molecule has 0 rings (SSSR count). The molecule has 0 atom stereocenters. The van der Waals surface area contributed by atoms with E-state index in [1.54, 1.807) is 11.8 Å². The van der Waals surface area contributed by atoms with Gasteiger partial charge < -0.3 is 10.2 Å². The molecule has 0 radical (unpaired) electrons. The van der Waals surface area contributed by atoms with Gasteiger partial charge in [0.1, 0.15) is 0 Å². The van der Waals surface area contributed by atoms with E-state index in [2.05, 4.69) is 25.3 Å². The Morgan fingerprint density at radius 2 is 1.07 bits per heavy atom. The summed E-state index contributed by atoms with van der Waals surface area (Å²) in [4.78, 5) is 0. The monoisotopic (exact) mass is 276 g/mol. The van der Waals surface area contributed by atoms with Gasteiger partial charge in [-0.05, 0) is 11.5 Å². The molecule has 0 saturated carbocycles. The summed E-state index contributed by atoms with van der Waals surface area (Å²) in [6, 6.07) is 0. The first-order valence-electron chi connectivity index (χ1n) is 4.42. The summed E-state index contributed by atoms with van der Waals surface area (Å²) < 4.78 is 0. The molecule has 2 nitrogen and oxygen atoms in total. The van der Waals surface area contributed by atoms with E-state index in [0.717, 1.165) is 34.5 Å². The smallest absolute Gasteiger partial charge is 0.0521 e. The van der Waals surface area contributed by atoms with Gasteiger partial charge in [0.05, 0.1) is 13.2 Å². The standard InChI is InChI=1S/C4H10O2S.C4H10S3/c2*5-1-3-7-4-2-6/h2*5-6H,1-4H2. The molecule has 0 bridgehead atoms. The van der Waals surface area contributed by atoms with Crippen molar-refractivity contribution in [3.8, 4) is 0 Å². The van der Waals surface area contributed by atoms with Gasteiger partial charge in [-0.25, -0.2) is 0 Å². The van der Waals surface area contributed by atoms with Crippen LogP contribution in [0.15, 0.2) is 0 Å². The predicted octanol–water partition coefficient (Wildman–Crippen LogP) is 1.28. The van der Waals surface area contributed by atoms with Crippen molar-refractivity contribution in [2.75, 3.05) is 47.7 Å². The third-order valence-corrected chi connectivity index (χ3v) is 3.92. The molecule has 14 heavy (non-hydrogen) atoms. The number of hydrogen-bond donors (Lipinski definition) is 4. The fourth-order valence-electron chi connectivity index (χ4n) is 0.462. The van der Waals surface area contributed by atoms with Crippen LogP contribution in [0.5, 0.6) is 0 Å². The average Bonchev–Trinajstić information content (AvgIpc) is 2.21. The number of rotatable bonds is 8. The fourth-order valence-corrected chi connectivity index (χ4v) is 2.16. The summed E-state index contributed by atoms with van der Waals surface area (Å²) in [7, 11) is 0. The molecule has 0 fully saturated rings. The normalized spacial score (nSPS) is 9.43. The second-order valence-electron chi connectivity index (χ2n) is 2.12. The van der Waals surface area contributed by atoms with E-state index in [9.17, 15) is 0 Å². The minimum atomic E-state index is 0.213. The van der Waals surface area contributed by atoms with Gasteiger partial charge in [0, 0.05) is 23.0 Å². The van der Waals surface area contributed by atoms with E-state index in [1.165, 1.54) is 0 Å². The van der Waals surface area contributed by atoms with E-state index in [1.807, 2.05) is 11.8 Å². The van der Waals surface area contributed by atoms with Gasteiger partial charge in [0.15, 0.2) is 0 Å². The number of thioether (sulfide) groups is 2. The van der Waals surface area contributed by atoms with Crippen molar-refractivity contribution in [2.24, 2.45) is 0 Å². The van der Waals surface area contributed by atoms with Crippen LogP contribution in [0.3, 0.4) is 0 Å². The van der Waals surface area contributed by atoms with Crippen molar-refractivity contribution < 1.29 is 10.2 Å². The Labute approximate surface area is 106 Å². The molecule has 0 aromatic rings. The second kappa shape index (κ2) is 19.8. The van der Waals surface area contributed by atoms with Crippen LogP contribution < -0.4 is 0 Å². The van der Waals surface area contributed by atoms with Crippen molar-refractivity contribution in [3.05, 3.63) is 0 Å². The first-order chi connectivity index (χ1) is 6.83. The highest BCUT2D eigenvalue weighted by atomic mass is 32.2. The second-order valence-corrected chi connectivity index (χ2v) is 5.46. The van der Waals surface area contributed by atoms with Crippen LogP contribution in [0.2, 0.25) is 0 Å². The zero-order chi connectivity index (χ0) is 11.1. The zero-order valence-electron chi connectivity index (χ0n) is 8.26. The van der Waals surface area contributed by atoms with Crippen molar-refractivity contribution in [3.63, 3.8) is 0 Å². The molecule has 0 aromatic heterocycles. The zero-order valence-corrected chi connectivity index (χ0v) is 11.7. The quantitative estimate of drug-likeness (QED) is 0.398. The SMILES string of the molecule is OCCSCCO.SCCSCCS. The van der Waals surface area contributed by atoms with Crippen molar-refractivity contribution >= 4 is 48.8 Å². The summed E-state index contributed by atoms with van der Waals surface area (Å²) in [6.45, 7) is 0.426. The van der Waals surface area contributed by atoms with E-state index >= 15 is 0 Å². The Bertz CT molecular complexity index is 67.7. The highest BCUT2D eigenvalue weighted by Gasteiger charge is 1.81. The van der Waals surface area contributed by atoms with Gasteiger partial charge in [-0.1, -0.05) is 0 Å². The summed E-state index contributed by atoms with van der Waals surface area (Å²) in [5, 5.41) is 16.4. The molecule has 0 spiro atoms. The Balaban J connectivity index is 0. The van der Waals surface area contributed by atoms with Crippen LogP contribution in [0, 0.1) is 0 Å². The van der Waals surface area contributed by atoms with Crippen LogP contribution in [0.25, 0.3) is 0 Å². The Morgan fingerprint density at radius 1 is 0.714 bits per heavy atom. The Hall–Kier alpha value is 1.32. The molecule has 0 unspecified atom stereocenters. The van der Waals surface area contributed by atoms with E-state index < -0.39 is 0 Å². The maximum atomic E-state index is 8.19. The largest absolute Gasteiger partial charge is 0.396 e. The number of hydrogen-bond acceptors (Lipinski definition) is 6. The molecular formula is C8H20O2S4. The number of thiol groups is 2. The molecule has 6 heteroatoms. The van der Waals surface area contributed by atoms with Crippen LogP contribution in [-0.2, 0) is 0 Å². The average molecular weight is 277 g/mol. The van der Waals surface area contributed by atoms with Crippen LogP contribution in [0.1, 0.15) is 0 Å². The first-order valence-corrected chi connectivity index (χ1v) is 7.99. The first kappa shape index (κ1) is 17.7. The summed E-state index contributed by atoms with van der Waals surface area (Å²) in [5.41, 5.74) is 0. The molecule has 0 aliphatic carbocycles. The number of aliphatic hydroxyl groups is 2. The van der Waals surface area contributed by atoms with Gasteiger partial charge >= 0.3 is 0 Å². The van der Waals surface area contributed by atoms with Crippen molar-refractivity contribution in [1.82, 2.24) is 0 Å². The fraction of sp³-hybridized carbons (Fsp3) is 1.00. The van der Waals surface area contributed by atoms with E-state index in [0.29, 0.717) is 0 Å². The number of aliphatic hydroxyl groups excluding tert-OH is 2. The predicted molar refractivity (Wildman–Crippen MR) is 76.5 cm³/mol. The maximum absolute atomic E-state index is 8.19. The van der Waals surface area contributed by atoms with Gasteiger partial charge in [0.25, 0.3) is 0 Å². The van der Waals surface area contributed by atoms with E-state index in [-0.39, 0.29) is 13.2 Å². The van der Waals surface area contributed by atoms with Crippen LogP contribution in [-0.4, -0.2) is 57.9 Å². The van der Waals surface area contributed by atoms with E-state index in [4.69, 9.17) is 10.2 Å². The molecule has 0 amide bonds. The Kier molecular flexibility index (Phi) is 25.1. The van der Waals surface area contributed by atoms with Crippen molar-refractivity contribution in [2.45, 2.75) is 0 Å². The third-order valence-electron chi connectivity index (χ3n) is 0.942. The highest BCUT2D eigenvalue weighted by Crippen LogP contribution is 1.99. The topological polar surface area (TPSA) is 40.5 Å². The lowest BCUT2D eigenvalue weighted by Crippen LogP contribution is -1.91. The maximum Gasteiger partial charge on any atom is 0.0521 e. The third kappa shape index (κ3) is 23.3. The Morgan fingerprint density at radius 3 is 1.36 bits per heavy atom. The molecule has 0 heterocycles. The minimum absolute atomic E-state index is 0.213. The van der Waals surface area contributed by atoms with Crippen LogP contribution in [0.4, 0.5) is 0 Å². The molecule has 2 N–H and O–H groups in total. The lowest BCUT2D eigenvalue weighted by atomic mass is 10.9. The highest BCUT2D eigenvalue weighted by molar-refractivity contribution is 8.00. The molecule has 0 aromatic carbocycles. The molecule has 88 valence electrons. The molecular weight excluding hydrogens is 256 g/mol. The van der Waals surface area contributed by atoms with Gasteiger partial charge in [-0.2, -0.15) is 48.8 Å². The lowest BCUT2D eigenvalue weighted by Gasteiger charge is -1.90. The molecule has 0 aliphatic heterocycles. The van der Waals surface area contributed by atoms with Crippen molar-refractivity contribution in [1.29, 1.82) is 0 Å². The summed E-state index contributed by atoms with van der Waals surface area (Å²) in [6.07, 6.45) is 0. The molecule has 0 saturated heterocycles. The van der Waals surface area contributed by atoms with Crippen LogP contribution >= 0.6 is 48.8 Å². The summed E-state index contributed by atoms with van der Waals surface area (Å²) in [5.74, 6) is 5.76. The minimum Gasteiger partial charge on any atom is -0.396 e.